The number of ether oxygens (including phenoxy) is 1. The maximum atomic E-state index is 11.4. The number of aryl methyl sites for hydroxylation is 1. The number of anilines is 1. The fraction of sp³-hybridized carbons (Fsp3) is 0.538. The van der Waals surface area contributed by atoms with Gasteiger partial charge in [-0.3, -0.25) is 5.32 Å². The second-order valence-corrected chi connectivity index (χ2v) is 4.30. The summed E-state index contributed by atoms with van der Waals surface area (Å²) in [4.78, 5) is 15.4. The van der Waals surface area contributed by atoms with Crippen LogP contribution in [0.15, 0.2) is 18.3 Å². The predicted molar refractivity (Wildman–Crippen MR) is 70.2 cm³/mol. The molecule has 0 radical (unpaired) electrons. The van der Waals surface area contributed by atoms with Crippen LogP contribution in [0.3, 0.4) is 0 Å². The molecule has 0 atom stereocenters. The summed E-state index contributed by atoms with van der Waals surface area (Å²) in [6, 6.07) is 3.69. The smallest absolute Gasteiger partial charge is 0.413 e. The van der Waals surface area contributed by atoms with E-state index in [9.17, 15) is 4.79 Å². The van der Waals surface area contributed by atoms with Crippen LogP contribution in [0.5, 0.6) is 0 Å². The summed E-state index contributed by atoms with van der Waals surface area (Å²) in [6.45, 7) is 11.3. The maximum Gasteiger partial charge on any atom is 0.413 e. The van der Waals surface area contributed by atoms with Gasteiger partial charge in [0.05, 0.1) is 0 Å². The number of pyridine rings is 1. The molecule has 4 nitrogen and oxygen atoms in total. The van der Waals surface area contributed by atoms with Crippen molar-refractivity contribution >= 4 is 11.9 Å². The third-order valence-electron chi connectivity index (χ3n) is 1.63. The molecule has 0 spiro atoms. The minimum absolute atomic E-state index is 0.482. The number of amides is 1. The molecule has 1 aromatic heterocycles. The van der Waals surface area contributed by atoms with E-state index >= 15 is 0 Å². The fourth-order valence-corrected chi connectivity index (χ4v) is 1.02. The normalized spacial score (nSPS) is 10.0. The summed E-state index contributed by atoms with van der Waals surface area (Å²) in [5.74, 6) is 0.534. The van der Waals surface area contributed by atoms with E-state index in [-0.39, 0.29) is 0 Å². The minimum atomic E-state index is -0.493. The van der Waals surface area contributed by atoms with E-state index in [0.717, 1.165) is 5.56 Å². The van der Waals surface area contributed by atoms with Crippen molar-refractivity contribution in [1.82, 2.24) is 4.98 Å². The Labute approximate surface area is 103 Å². The quantitative estimate of drug-likeness (QED) is 0.810. The third-order valence-corrected chi connectivity index (χ3v) is 1.63. The van der Waals surface area contributed by atoms with Crippen molar-refractivity contribution in [2.45, 2.75) is 47.1 Å². The van der Waals surface area contributed by atoms with Crippen LogP contribution in [-0.4, -0.2) is 16.7 Å². The Bertz CT molecular complexity index is 357. The van der Waals surface area contributed by atoms with E-state index in [4.69, 9.17) is 4.74 Å². The van der Waals surface area contributed by atoms with E-state index in [1.807, 2.05) is 53.7 Å². The summed E-state index contributed by atoms with van der Waals surface area (Å²) in [6.07, 6.45) is 1.14. The van der Waals surface area contributed by atoms with Gasteiger partial charge in [-0.15, -0.1) is 0 Å². The molecule has 1 aromatic rings. The van der Waals surface area contributed by atoms with E-state index in [0.29, 0.717) is 5.82 Å². The highest BCUT2D eigenvalue weighted by molar-refractivity contribution is 5.84. The molecule has 0 aliphatic rings. The van der Waals surface area contributed by atoms with Crippen molar-refractivity contribution in [3.05, 3.63) is 23.9 Å². The van der Waals surface area contributed by atoms with Gasteiger partial charge < -0.3 is 4.74 Å². The average Bonchev–Trinajstić information content (AvgIpc) is 2.22. The summed E-state index contributed by atoms with van der Waals surface area (Å²) in [7, 11) is 0. The lowest BCUT2D eigenvalue weighted by Gasteiger charge is -2.19. The second-order valence-electron chi connectivity index (χ2n) is 4.30. The number of rotatable bonds is 1. The molecule has 0 aliphatic carbocycles. The van der Waals surface area contributed by atoms with Crippen molar-refractivity contribution in [2.24, 2.45) is 0 Å². The van der Waals surface area contributed by atoms with Gasteiger partial charge >= 0.3 is 6.09 Å². The molecule has 1 heterocycles. The Morgan fingerprint density at radius 1 is 1.35 bits per heavy atom. The van der Waals surface area contributed by atoms with Gasteiger partial charge in [-0.05, 0) is 39.3 Å². The van der Waals surface area contributed by atoms with Crippen LogP contribution < -0.4 is 5.32 Å². The van der Waals surface area contributed by atoms with Gasteiger partial charge in [0.2, 0.25) is 0 Å². The molecule has 0 saturated carbocycles. The number of nitrogens with zero attached hydrogens (tertiary/aromatic N) is 1. The van der Waals surface area contributed by atoms with E-state index in [1.165, 1.54) is 0 Å². The van der Waals surface area contributed by atoms with Crippen LogP contribution in [0.2, 0.25) is 0 Å². The Kier molecular flexibility index (Phi) is 6.25. The first kappa shape index (κ1) is 15.4. The first-order chi connectivity index (χ1) is 7.88. The number of nitrogens with one attached hydrogen (secondary N) is 1. The molecule has 0 aromatic carbocycles. The van der Waals surface area contributed by atoms with Gasteiger partial charge in [0.15, 0.2) is 0 Å². The maximum absolute atomic E-state index is 11.4. The van der Waals surface area contributed by atoms with Crippen LogP contribution >= 0.6 is 0 Å². The Morgan fingerprint density at radius 2 is 1.94 bits per heavy atom. The number of hydrogen-bond donors (Lipinski definition) is 1. The zero-order chi connectivity index (χ0) is 13.5. The van der Waals surface area contributed by atoms with Gasteiger partial charge in [0, 0.05) is 6.20 Å². The van der Waals surface area contributed by atoms with Crippen molar-refractivity contribution in [2.75, 3.05) is 5.32 Å². The summed E-state index contributed by atoms with van der Waals surface area (Å²) in [5.41, 5.74) is 0.413. The standard InChI is InChI=1S/C11H16N2O2.C2H6/c1-8-6-5-7-12-9(8)13-10(14)15-11(2,3)4;1-2/h5-7H,1-4H3,(H,12,13,14);1-2H3. The van der Waals surface area contributed by atoms with Crippen LogP contribution in [0, 0.1) is 6.92 Å². The molecule has 0 saturated heterocycles. The van der Waals surface area contributed by atoms with Gasteiger partial charge in [-0.2, -0.15) is 0 Å². The highest BCUT2D eigenvalue weighted by Gasteiger charge is 2.16. The van der Waals surface area contributed by atoms with Gasteiger partial charge in [-0.1, -0.05) is 19.9 Å². The lowest BCUT2D eigenvalue weighted by molar-refractivity contribution is 0.0635. The van der Waals surface area contributed by atoms with E-state index < -0.39 is 11.7 Å². The molecule has 0 unspecified atom stereocenters. The van der Waals surface area contributed by atoms with Crippen LogP contribution in [0.4, 0.5) is 10.6 Å². The zero-order valence-corrected chi connectivity index (χ0v) is 11.5. The van der Waals surface area contributed by atoms with Crippen molar-refractivity contribution in [3.8, 4) is 0 Å². The number of carbonyl (C=O) groups is 1. The van der Waals surface area contributed by atoms with E-state index in [2.05, 4.69) is 10.3 Å². The molecule has 4 heteroatoms. The van der Waals surface area contributed by atoms with Crippen molar-refractivity contribution in [3.63, 3.8) is 0 Å². The molecule has 1 N–H and O–H groups in total. The predicted octanol–water partition coefficient (Wildman–Crippen LogP) is 3.76. The molecule has 17 heavy (non-hydrogen) atoms. The first-order valence-corrected chi connectivity index (χ1v) is 5.80. The topological polar surface area (TPSA) is 51.2 Å². The van der Waals surface area contributed by atoms with Gasteiger partial charge in [0.1, 0.15) is 11.4 Å². The number of hydrogen-bond acceptors (Lipinski definition) is 3. The van der Waals surface area contributed by atoms with Crippen LogP contribution in [0.25, 0.3) is 0 Å². The largest absolute Gasteiger partial charge is 0.444 e. The average molecular weight is 238 g/mol. The Balaban J connectivity index is 0.00000121. The lowest BCUT2D eigenvalue weighted by atomic mass is 10.2. The lowest BCUT2D eigenvalue weighted by Crippen LogP contribution is -2.27. The minimum Gasteiger partial charge on any atom is -0.444 e. The SMILES string of the molecule is CC.Cc1cccnc1NC(=O)OC(C)(C)C. The monoisotopic (exact) mass is 238 g/mol. The van der Waals surface area contributed by atoms with Crippen molar-refractivity contribution in [1.29, 1.82) is 0 Å². The second kappa shape index (κ2) is 6.89. The van der Waals surface area contributed by atoms with Crippen LogP contribution in [0.1, 0.15) is 40.2 Å². The highest BCUT2D eigenvalue weighted by Crippen LogP contribution is 2.12. The highest BCUT2D eigenvalue weighted by atomic mass is 16.6. The zero-order valence-electron chi connectivity index (χ0n) is 11.5. The number of aromatic nitrogens is 1. The molecule has 0 aliphatic heterocycles. The van der Waals surface area contributed by atoms with Crippen LogP contribution in [-0.2, 0) is 4.74 Å². The fourth-order valence-electron chi connectivity index (χ4n) is 1.02. The molecular formula is C13H22N2O2. The number of carbonyl (C=O) groups excluding carboxylic acids is 1. The van der Waals surface area contributed by atoms with Crippen molar-refractivity contribution < 1.29 is 9.53 Å². The molecule has 96 valence electrons. The molecule has 1 rings (SSSR count). The first-order valence-electron chi connectivity index (χ1n) is 5.80. The third kappa shape index (κ3) is 6.56. The van der Waals surface area contributed by atoms with E-state index in [1.54, 1.807) is 6.20 Å². The molecule has 1 amide bonds. The summed E-state index contributed by atoms with van der Waals surface area (Å²) in [5, 5.41) is 2.59. The molecule has 0 bridgehead atoms. The van der Waals surface area contributed by atoms with Gasteiger partial charge in [-0.25, -0.2) is 9.78 Å². The molecule has 0 fully saturated rings. The molecular weight excluding hydrogens is 216 g/mol. The summed E-state index contributed by atoms with van der Waals surface area (Å²) >= 11 is 0. The van der Waals surface area contributed by atoms with Gasteiger partial charge in [0.25, 0.3) is 0 Å². The Morgan fingerprint density at radius 3 is 2.41 bits per heavy atom. The summed E-state index contributed by atoms with van der Waals surface area (Å²) < 4.78 is 5.11. The Hall–Kier alpha value is -1.58.